The lowest BCUT2D eigenvalue weighted by Gasteiger charge is -2.43. The van der Waals surface area contributed by atoms with E-state index < -0.39 is 35.7 Å². The van der Waals surface area contributed by atoms with Crippen molar-refractivity contribution < 1.29 is 34.2 Å². The van der Waals surface area contributed by atoms with Crippen LogP contribution in [-0.2, 0) is 14.4 Å². The molecule has 0 aliphatic carbocycles. The molecule has 0 fully saturated rings. The zero-order chi connectivity index (χ0) is 27.4. The SMILES string of the molecule is CCCCCC/C=C/CCCCCCCCC[N+](CC(C)C(=O)[O-])(CC(C)C(=O)O)CC(C)C(=O)O. The summed E-state index contributed by atoms with van der Waals surface area (Å²) >= 11 is 0. The first-order valence-corrected chi connectivity index (χ1v) is 14.2. The number of nitrogens with zero attached hydrogens (tertiary/aromatic N) is 1. The Hall–Kier alpha value is -1.89. The largest absolute Gasteiger partial charge is 0.550 e. The maximum absolute atomic E-state index is 11.6. The van der Waals surface area contributed by atoms with Crippen LogP contribution in [0.15, 0.2) is 12.2 Å². The highest BCUT2D eigenvalue weighted by Gasteiger charge is 2.36. The Balaban J connectivity index is 4.60. The second-order valence-electron chi connectivity index (χ2n) is 10.9. The number of allylic oxidation sites excluding steroid dienone is 2. The van der Waals surface area contributed by atoms with E-state index in [1.165, 1.54) is 51.4 Å². The number of quaternary nitrogens is 1. The zero-order valence-electron chi connectivity index (χ0n) is 23.4. The van der Waals surface area contributed by atoms with Gasteiger partial charge in [-0.3, -0.25) is 9.59 Å². The third-order valence-corrected chi connectivity index (χ3v) is 7.12. The molecule has 0 saturated carbocycles. The molecule has 0 aromatic rings. The molecule has 0 spiro atoms. The molecular formula is C29H53NO6. The molecule has 7 heteroatoms. The number of rotatable bonds is 24. The first-order valence-electron chi connectivity index (χ1n) is 14.2. The minimum Gasteiger partial charge on any atom is -0.550 e. The highest BCUT2D eigenvalue weighted by atomic mass is 16.4. The van der Waals surface area contributed by atoms with Crippen molar-refractivity contribution in [1.82, 2.24) is 0 Å². The van der Waals surface area contributed by atoms with Gasteiger partial charge in [0.2, 0.25) is 0 Å². The minimum atomic E-state index is -1.19. The molecule has 210 valence electrons. The molecule has 0 aromatic heterocycles. The van der Waals surface area contributed by atoms with Crippen molar-refractivity contribution in [3.05, 3.63) is 12.2 Å². The fourth-order valence-electron chi connectivity index (χ4n) is 4.99. The van der Waals surface area contributed by atoms with E-state index in [0.717, 1.165) is 32.1 Å². The molecule has 0 aliphatic rings. The normalized spacial score (nSPS) is 15.9. The van der Waals surface area contributed by atoms with Crippen LogP contribution in [0.2, 0.25) is 0 Å². The van der Waals surface area contributed by atoms with Crippen molar-refractivity contribution >= 4 is 17.9 Å². The molecule has 0 heterocycles. The standard InChI is InChI=1S/C29H53NO6/c1-5-6-7-8-9-10-11-12-13-14-15-16-17-18-19-20-30(21-24(2)27(31)32,22-25(3)28(33)34)23-26(4)29(35)36/h10-11,24-26H,5-9,12-23H2,1-4H3,(H2-,31,32,33,34,35,36)/b11-10+. The number of aliphatic carboxylic acids is 3. The van der Waals surface area contributed by atoms with Crippen molar-refractivity contribution in [2.24, 2.45) is 17.8 Å². The topological polar surface area (TPSA) is 115 Å². The van der Waals surface area contributed by atoms with Gasteiger partial charge in [-0.2, -0.15) is 0 Å². The van der Waals surface area contributed by atoms with E-state index in [1.807, 2.05) is 0 Å². The van der Waals surface area contributed by atoms with Gasteiger partial charge in [-0.1, -0.05) is 70.9 Å². The Morgan fingerprint density at radius 3 is 1.47 bits per heavy atom. The van der Waals surface area contributed by atoms with Crippen LogP contribution < -0.4 is 5.11 Å². The summed E-state index contributed by atoms with van der Waals surface area (Å²) in [6.07, 6.45) is 19.8. The number of carbonyl (C=O) groups excluding carboxylic acids is 1. The third-order valence-electron chi connectivity index (χ3n) is 7.12. The molecule has 0 saturated heterocycles. The van der Waals surface area contributed by atoms with Crippen LogP contribution in [0.4, 0.5) is 0 Å². The summed E-state index contributed by atoms with van der Waals surface area (Å²) in [6.45, 7) is 8.20. The molecule has 0 radical (unpaired) electrons. The van der Waals surface area contributed by atoms with E-state index in [1.54, 1.807) is 20.8 Å². The summed E-state index contributed by atoms with van der Waals surface area (Å²) in [7, 11) is 0. The highest BCUT2D eigenvalue weighted by molar-refractivity contribution is 5.70. The Morgan fingerprint density at radius 1 is 0.667 bits per heavy atom. The third kappa shape index (κ3) is 16.7. The molecule has 0 aliphatic heterocycles. The maximum Gasteiger partial charge on any atom is 0.311 e. The number of hydrogen-bond acceptors (Lipinski definition) is 4. The predicted molar refractivity (Wildman–Crippen MR) is 142 cm³/mol. The summed E-state index contributed by atoms with van der Waals surface area (Å²) in [5, 5.41) is 30.4. The van der Waals surface area contributed by atoms with Crippen molar-refractivity contribution in [2.45, 2.75) is 111 Å². The van der Waals surface area contributed by atoms with Gasteiger partial charge in [-0.15, -0.1) is 0 Å². The van der Waals surface area contributed by atoms with Crippen LogP contribution in [0.3, 0.4) is 0 Å². The van der Waals surface area contributed by atoms with Gasteiger partial charge < -0.3 is 24.6 Å². The minimum absolute atomic E-state index is 0.181. The molecule has 0 bridgehead atoms. The van der Waals surface area contributed by atoms with Gasteiger partial charge >= 0.3 is 11.9 Å². The Morgan fingerprint density at radius 2 is 1.06 bits per heavy atom. The van der Waals surface area contributed by atoms with Crippen LogP contribution >= 0.6 is 0 Å². The van der Waals surface area contributed by atoms with Gasteiger partial charge in [0.1, 0.15) is 11.8 Å². The molecule has 0 amide bonds. The van der Waals surface area contributed by atoms with E-state index in [0.29, 0.717) is 6.54 Å². The van der Waals surface area contributed by atoms with Gasteiger partial charge in [0.05, 0.1) is 26.2 Å². The second-order valence-corrected chi connectivity index (χ2v) is 10.9. The fourth-order valence-corrected chi connectivity index (χ4v) is 4.99. The molecule has 7 nitrogen and oxygen atoms in total. The smallest absolute Gasteiger partial charge is 0.311 e. The van der Waals surface area contributed by atoms with E-state index in [9.17, 15) is 29.7 Å². The van der Waals surface area contributed by atoms with Crippen molar-refractivity contribution in [1.29, 1.82) is 0 Å². The second kappa shape index (κ2) is 20.2. The van der Waals surface area contributed by atoms with E-state index >= 15 is 0 Å². The van der Waals surface area contributed by atoms with Crippen LogP contribution in [0.1, 0.15) is 111 Å². The maximum atomic E-state index is 11.6. The summed E-state index contributed by atoms with van der Waals surface area (Å²) in [6, 6.07) is 0. The molecule has 0 rings (SSSR count). The van der Waals surface area contributed by atoms with E-state index in [-0.39, 0.29) is 24.1 Å². The number of carbonyl (C=O) groups is 3. The average Bonchev–Trinajstić information content (AvgIpc) is 2.81. The highest BCUT2D eigenvalue weighted by Crippen LogP contribution is 2.22. The Bertz CT molecular complexity index is 593. The summed E-state index contributed by atoms with van der Waals surface area (Å²) < 4.78 is 0.181. The van der Waals surface area contributed by atoms with Gasteiger partial charge in [0.15, 0.2) is 0 Å². The molecule has 3 atom stereocenters. The van der Waals surface area contributed by atoms with Crippen molar-refractivity contribution in [2.75, 3.05) is 26.2 Å². The summed E-state index contributed by atoms with van der Waals surface area (Å²) in [5.74, 6) is -5.25. The first-order chi connectivity index (χ1) is 17.0. The fraction of sp³-hybridized carbons (Fsp3) is 0.828. The Kier molecular flexibility index (Phi) is 19.1. The number of carboxylic acids is 3. The Labute approximate surface area is 219 Å². The molecule has 3 unspecified atom stereocenters. The lowest BCUT2D eigenvalue weighted by Crippen LogP contribution is -2.58. The van der Waals surface area contributed by atoms with Crippen molar-refractivity contribution in [3.8, 4) is 0 Å². The van der Waals surface area contributed by atoms with Crippen LogP contribution in [0.5, 0.6) is 0 Å². The zero-order valence-corrected chi connectivity index (χ0v) is 23.4. The first kappa shape index (κ1) is 34.1. The monoisotopic (exact) mass is 511 g/mol. The van der Waals surface area contributed by atoms with E-state index in [2.05, 4.69) is 19.1 Å². The summed E-state index contributed by atoms with van der Waals surface area (Å²) in [4.78, 5) is 34.6. The number of unbranched alkanes of at least 4 members (excludes halogenated alkanes) is 11. The quantitative estimate of drug-likeness (QED) is 0.104. The van der Waals surface area contributed by atoms with E-state index in [4.69, 9.17) is 0 Å². The van der Waals surface area contributed by atoms with Crippen LogP contribution in [0, 0.1) is 17.8 Å². The molecule has 36 heavy (non-hydrogen) atoms. The summed E-state index contributed by atoms with van der Waals surface area (Å²) in [5.41, 5.74) is 0. The number of carboxylic acid groups (broad SMARTS) is 3. The van der Waals surface area contributed by atoms with Gasteiger partial charge in [-0.05, 0) is 52.4 Å². The number of hydrogen-bond donors (Lipinski definition) is 2. The van der Waals surface area contributed by atoms with Gasteiger partial charge in [0.25, 0.3) is 0 Å². The lowest BCUT2D eigenvalue weighted by atomic mass is 10.0. The average molecular weight is 512 g/mol. The molecular weight excluding hydrogens is 458 g/mol. The van der Waals surface area contributed by atoms with Gasteiger partial charge in [0, 0.05) is 11.9 Å². The van der Waals surface area contributed by atoms with Crippen LogP contribution in [0.25, 0.3) is 0 Å². The molecule has 0 aromatic carbocycles. The lowest BCUT2D eigenvalue weighted by molar-refractivity contribution is -0.934. The van der Waals surface area contributed by atoms with Crippen molar-refractivity contribution in [3.63, 3.8) is 0 Å². The molecule has 2 N–H and O–H groups in total. The van der Waals surface area contributed by atoms with Crippen LogP contribution in [-0.4, -0.2) is 58.8 Å². The van der Waals surface area contributed by atoms with Gasteiger partial charge in [-0.25, -0.2) is 0 Å². The predicted octanol–water partition coefficient (Wildman–Crippen LogP) is 5.28.